The van der Waals surface area contributed by atoms with E-state index in [0.717, 1.165) is 11.1 Å². The zero-order chi connectivity index (χ0) is 77.8. The van der Waals surface area contributed by atoms with Crippen LogP contribution in [0.4, 0.5) is 0 Å². The summed E-state index contributed by atoms with van der Waals surface area (Å²) in [5.41, 5.74) is 21.6. The van der Waals surface area contributed by atoms with Crippen molar-refractivity contribution in [3.05, 3.63) is 131 Å². The molecule has 16 N–H and O–H groups in total. The number of nitrogens with zero attached hydrogens (tertiary/aromatic N) is 2. The molecule has 0 fully saturated rings. The first kappa shape index (κ1) is 85.4. The van der Waals surface area contributed by atoms with E-state index in [1.165, 1.54) is 68.4 Å². The Morgan fingerprint density at radius 1 is 0.467 bits per heavy atom. The first-order chi connectivity index (χ1) is 49.6. The number of primary amides is 2. The molecule has 5 rings (SSSR count). The third-order valence-corrected chi connectivity index (χ3v) is 19.2. The molecule has 0 aliphatic rings. The van der Waals surface area contributed by atoms with Gasteiger partial charge in [-0.2, -0.15) is 0 Å². The van der Waals surface area contributed by atoms with Crippen LogP contribution in [0, 0.1) is 60.2 Å². The van der Waals surface area contributed by atoms with Crippen LogP contribution in [0.15, 0.2) is 97.8 Å². The lowest BCUT2D eigenvalue weighted by atomic mass is 9.84. The van der Waals surface area contributed by atoms with E-state index >= 15 is 0 Å². The summed E-state index contributed by atoms with van der Waals surface area (Å²) in [5, 5.41) is 36.6. The summed E-state index contributed by atoms with van der Waals surface area (Å²) in [5.74, 6) is -16.1. The molecule has 2 aromatic heterocycles. The largest absolute Gasteiger partial charge is 0.508 e. The van der Waals surface area contributed by atoms with E-state index in [0.29, 0.717) is 35.4 Å². The molecule has 0 saturated heterocycles. The van der Waals surface area contributed by atoms with Crippen LogP contribution in [0.1, 0.15) is 154 Å². The highest BCUT2D eigenvalue weighted by atomic mass is 16.3. The van der Waals surface area contributed by atoms with Crippen LogP contribution >= 0.6 is 0 Å². The molecule has 105 heavy (non-hydrogen) atoms. The lowest BCUT2D eigenvalue weighted by Crippen LogP contribution is -2.51. The van der Waals surface area contributed by atoms with Gasteiger partial charge in [-0.3, -0.25) is 62.3 Å². The first-order valence-electron chi connectivity index (χ1n) is 36.0. The maximum atomic E-state index is 14.7. The van der Waals surface area contributed by atoms with Crippen molar-refractivity contribution in [1.82, 2.24) is 51.8 Å². The number of hydrogen-bond donors (Lipinski definition) is 13. The van der Waals surface area contributed by atoms with Crippen molar-refractivity contribution in [2.24, 2.45) is 70.5 Å². The molecule has 0 bridgehead atoms. The summed E-state index contributed by atoms with van der Waals surface area (Å²) < 4.78 is 0. The smallest absolute Gasteiger partial charge is 0.240 e. The molecular weight excluding hydrogens is 1350 g/mol. The number of aryl methyl sites for hydroxylation is 1. The number of aromatic amines is 2. The van der Waals surface area contributed by atoms with Crippen molar-refractivity contribution in [2.45, 2.75) is 195 Å². The number of aromatic nitrogens is 4. The highest BCUT2D eigenvalue weighted by Gasteiger charge is 2.39. The van der Waals surface area contributed by atoms with Gasteiger partial charge in [0.2, 0.25) is 47.3 Å². The van der Waals surface area contributed by atoms with Crippen molar-refractivity contribution in [1.29, 1.82) is 0 Å². The number of amides is 8. The molecule has 0 saturated carbocycles. The Bertz CT molecular complexity index is 3730. The quantitative estimate of drug-likeness (QED) is 0.0258. The number of carbonyl (C=O) groups excluding carboxylic acids is 13. The van der Waals surface area contributed by atoms with E-state index in [-0.39, 0.29) is 62.4 Å². The minimum absolute atomic E-state index is 0.000631. The third-order valence-electron chi connectivity index (χ3n) is 19.2. The Balaban J connectivity index is 1.26. The molecule has 570 valence electrons. The van der Waals surface area contributed by atoms with Gasteiger partial charge in [-0.15, -0.1) is 0 Å². The van der Waals surface area contributed by atoms with Crippen LogP contribution in [0.25, 0.3) is 0 Å². The number of ketones is 5. The lowest BCUT2D eigenvalue weighted by Gasteiger charge is -2.28. The standard InChI is InChI=1S/C77H107N13O15/c1-11-45(8)58(36-67(96)63(34-54-38-82-41-85-54)88-77(105)60(78)33-53-37-81-40-84-53)75(103)87-61(27-49-17-21-55(91)22-18-49)65(94)30-51(25-42(3)4)73(101)83-39-57(93)26-47(10)72(100)90-70(43(5)6)68(97)31-52(32-69(79)98)74(102)86-62(28-50-19-23-56(92)24-20-50)66(95)35-59(46(9)12-2)76(104)89-64(71(80)99)29-48-15-13-44(7)14-16-48/h13-24,37-38,40-43,45-47,51-52,58-64,70,91-92H,11-12,25-36,39,78H2,1-10H3,(H2,79,98)(H2,80,99)(H,81,84)(H,82,85)(H,83,101)(H,86,102)(H,87,103)(H,88,105)(H,89,104)(H,90,100)/t45-,46-,47+,51+,52-,58-,59-,60-,61-,62-,63-,64-,70-/m0/s1. The lowest BCUT2D eigenvalue weighted by molar-refractivity contribution is -0.137. The zero-order valence-electron chi connectivity index (χ0n) is 61.8. The second-order valence-electron chi connectivity index (χ2n) is 28.7. The van der Waals surface area contributed by atoms with Gasteiger partial charge in [0.25, 0.3) is 0 Å². The molecule has 8 amide bonds. The SMILES string of the molecule is CC[C@H](C)[C@H](CC(=O)[C@H](Cc1ccc(O)cc1)NC(=O)[C@H](CC(N)=O)CC(=O)[C@@H](NC(=O)[C@H](C)CC(=O)CNC(=O)[C@@H](CC(=O)[C@H](Cc1ccc(O)cc1)NC(=O)[C@@H](CC(=O)[C@H](Cc1cnc[nH]1)NC(=O)[C@@H](N)Cc1cnc[nH]1)[C@@H](C)CC)CC(C)C)C(C)C)C(=O)N[C@@H](Cc1ccc(C)cc1)C(N)=O. The number of nitrogens with one attached hydrogen (secondary N) is 8. The maximum absolute atomic E-state index is 14.7. The molecule has 0 spiro atoms. The Morgan fingerprint density at radius 2 is 0.895 bits per heavy atom. The molecular formula is C77H107N13O15. The van der Waals surface area contributed by atoms with Gasteiger partial charge in [0.15, 0.2) is 28.9 Å². The third kappa shape index (κ3) is 28.4. The number of imidazole rings is 2. The minimum atomic E-state index is -1.47. The number of rotatable bonds is 47. The number of hydrogen-bond acceptors (Lipinski definition) is 18. The number of Topliss-reactive ketones (excluding diaryl/α,β-unsaturated/α-hetero) is 5. The summed E-state index contributed by atoms with van der Waals surface area (Å²) in [6.07, 6.45) is 4.04. The minimum Gasteiger partial charge on any atom is -0.508 e. The number of phenolic OH excluding ortho intramolecular Hbond substituents is 2. The Hall–Kier alpha value is -10.3. The summed E-state index contributed by atoms with van der Waals surface area (Å²) in [7, 11) is 0. The van der Waals surface area contributed by atoms with Crippen LogP contribution in [0.5, 0.6) is 11.5 Å². The van der Waals surface area contributed by atoms with Gasteiger partial charge in [-0.25, -0.2) is 9.97 Å². The summed E-state index contributed by atoms with van der Waals surface area (Å²) in [6.45, 7) is 16.9. The topological polar surface area (TPSA) is 470 Å². The monoisotopic (exact) mass is 1450 g/mol. The molecule has 28 heteroatoms. The fraction of sp³-hybridized carbons (Fsp3) is 0.519. The van der Waals surface area contributed by atoms with Gasteiger partial charge in [-0.1, -0.05) is 129 Å². The first-order valence-corrected chi connectivity index (χ1v) is 36.0. The van der Waals surface area contributed by atoms with E-state index in [1.807, 2.05) is 58.9 Å². The van der Waals surface area contributed by atoms with E-state index in [4.69, 9.17) is 17.2 Å². The predicted octanol–water partition coefficient (Wildman–Crippen LogP) is 4.29. The van der Waals surface area contributed by atoms with Crippen molar-refractivity contribution >= 4 is 76.2 Å². The van der Waals surface area contributed by atoms with Crippen LogP contribution in [-0.4, -0.2) is 149 Å². The molecule has 28 nitrogen and oxygen atoms in total. The molecule has 2 heterocycles. The second kappa shape index (κ2) is 41.9. The van der Waals surface area contributed by atoms with E-state index in [9.17, 15) is 72.5 Å². The van der Waals surface area contributed by atoms with Gasteiger partial charge in [0.1, 0.15) is 17.5 Å². The predicted molar refractivity (Wildman–Crippen MR) is 391 cm³/mol. The van der Waals surface area contributed by atoms with Crippen molar-refractivity contribution in [3.8, 4) is 11.5 Å². The zero-order valence-corrected chi connectivity index (χ0v) is 61.8. The number of benzene rings is 3. The van der Waals surface area contributed by atoms with Gasteiger partial charge in [-0.05, 0) is 90.8 Å². The van der Waals surface area contributed by atoms with Gasteiger partial charge >= 0.3 is 0 Å². The number of phenols is 2. The fourth-order valence-corrected chi connectivity index (χ4v) is 12.4. The number of carbonyl (C=O) groups is 13. The highest BCUT2D eigenvalue weighted by molar-refractivity contribution is 6.00. The Morgan fingerprint density at radius 3 is 1.34 bits per heavy atom. The number of H-pyrrole nitrogens is 2. The average molecular weight is 1450 g/mol. The van der Waals surface area contributed by atoms with Crippen molar-refractivity contribution < 1.29 is 72.5 Å². The van der Waals surface area contributed by atoms with E-state index in [1.54, 1.807) is 39.8 Å². The Labute approximate surface area is 613 Å². The molecule has 0 aliphatic carbocycles. The normalized spacial score (nSPS) is 15.1. The molecule has 0 radical (unpaired) electrons. The number of nitrogens with two attached hydrogens (primary N) is 3. The van der Waals surface area contributed by atoms with Crippen molar-refractivity contribution in [2.75, 3.05) is 6.54 Å². The fourth-order valence-electron chi connectivity index (χ4n) is 12.4. The van der Waals surface area contributed by atoms with Crippen LogP contribution in [0.3, 0.4) is 0 Å². The molecule has 0 unspecified atom stereocenters. The van der Waals surface area contributed by atoms with Crippen LogP contribution in [0.2, 0.25) is 0 Å². The maximum Gasteiger partial charge on any atom is 0.240 e. The number of aromatic hydroxyl groups is 2. The second-order valence-corrected chi connectivity index (χ2v) is 28.7. The van der Waals surface area contributed by atoms with Gasteiger partial charge in [0, 0.05) is 105 Å². The Kier molecular flexibility index (Phi) is 34.1. The highest BCUT2D eigenvalue weighted by Crippen LogP contribution is 2.27. The molecule has 5 aromatic rings. The van der Waals surface area contributed by atoms with Gasteiger partial charge < -0.3 is 69.3 Å². The average Bonchev–Trinajstić information content (AvgIpc) is 1.80. The molecule has 13 atom stereocenters. The van der Waals surface area contributed by atoms with Gasteiger partial charge in [0.05, 0.1) is 55.3 Å². The van der Waals surface area contributed by atoms with Crippen LogP contribution < -0.4 is 49.1 Å². The summed E-state index contributed by atoms with van der Waals surface area (Å²) in [4.78, 5) is 196. The molecule has 0 aliphatic heterocycles. The summed E-state index contributed by atoms with van der Waals surface area (Å²) in [6, 6.07) is 11.9. The van der Waals surface area contributed by atoms with Crippen molar-refractivity contribution in [3.63, 3.8) is 0 Å². The van der Waals surface area contributed by atoms with E-state index < -0.39 is 198 Å². The molecule has 3 aromatic carbocycles. The van der Waals surface area contributed by atoms with Crippen LogP contribution in [-0.2, 0) is 94.4 Å². The van der Waals surface area contributed by atoms with E-state index in [2.05, 4.69) is 51.8 Å². The summed E-state index contributed by atoms with van der Waals surface area (Å²) >= 11 is 0.